The molecule has 26 N–H and O–H groups in total. The quantitative estimate of drug-likeness (QED) is 0.0126. The predicted molar refractivity (Wildman–Crippen MR) is 517 cm³/mol. The van der Waals surface area contributed by atoms with Gasteiger partial charge in [-0.15, -0.1) is 11.8 Å². The molecule has 6 heterocycles. The predicted octanol–water partition coefficient (Wildman–Crippen LogP) is -2.11. The molecule has 0 aliphatic carbocycles. The largest absolute Gasteiger partial charge is 0.508 e. The van der Waals surface area contributed by atoms with Crippen LogP contribution in [0, 0.1) is 5.41 Å². The maximum absolute atomic E-state index is 16.0. The first kappa shape index (κ1) is 110. The number of primary amides is 1. The minimum atomic E-state index is -1.91. The zero-order valence-electron chi connectivity index (χ0n) is 79.8. The van der Waals surface area contributed by atoms with E-state index in [1.165, 1.54) is 74.7 Å². The fourth-order valence-electron chi connectivity index (χ4n) is 17.4. The number of aliphatic hydroxyl groups excluding tert-OH is 1. The minimum Gasteiger partial charge on any atom is -0.508 e. The summed E-state index contributed by atoms with van der Waals surface area (Å²) in [7, 11) is 3.95. The third kappa shape index (κ3) is 31.4. The number of aromatic nitrogens is 4. The molecule has 9 rings (SSSR count). The number of aromatic hydroxyl groups is 1. The van der Waals surface area contributed by atoms with Gasteiger partial charge in [-0.1, -0.05) is 88.1 Å². The van der Waals surface area contributed by atoms with Crippen LogP contribution in [-0.4, -0.2) is 329 Å². The van der Waals surface area contributed by atoms with E-state index >= 15 is 43.2 Å². The summed E-state index contributed by atoms with van der Waals surface area (Å²) in [6.07, 6.45) is 4.62. The van der Waals surface area contributed by atoms with Crippen molar-refractivity contribution in [3.8, 4) is 5.75 Å². The van der Waals surface area contributed by atoms with E-state index in [4.69, 9.17) is 28.3 Å². The molecule has 46 heteroatoms. The third-order valence-corrected chi connectivity index (χ3v) is 26.3. The Bertz CT molecular complexity index is 5310. The monoisotopic (exact) mass is 1970 g/mol. The lowest BCUT2D eigenvalue weighted by molar-refractivity contribution is -0.149. The summed E-state index contributed by atoms with van der Waals surface area (Å²) in [5, 5.41) is 70.9. The molecule has 3 saturated heterocycles. The molecular formula is C94H135N25O20S. The number of guanidine groups is 1. The highest BCUT2D eigenvalue weighted by Gasteiger charge is 2.47. The number of phenolic OH excluding ortho intramolecular Hbond substituents is 1. The molecule has 45 nitrogen and oxygen atoms in total. The molecule has 6 aromatic rings. The van der Waals surface area contributed by atoms with E-state index in [1.54, 1.807) is 48.8 Å². The number of nitrogens with one attached hydrogen (secondary N) is 15. The van der Waals surface area contributed by atoms with E-state index in [2.05, 4.69) is 78.4 Å². The highest BCUT2D eigenvalue weighted by atomic mass is 32.2. The number of carboxylic acids is 1. The van der Waals surface area contributed by atoms with Gasteiger partial charge >= 0.3 is 5.97 Å². The van der Waals surface area contributed by atoms with Crippen LogP contribution in [0.1, 0.15) is 159 Å². The number of para-hydroxylation sites is 2. The summed E-state index contributed by atoms with van der Waals surface area (Å²) in [6, 6.07) is -1.80. The van der Waals surface area contributed by atoms with Crippen LogP contribution in [0.5, 0.6) is 5.75 Å². The van der Waals surface area contributed by atoms with Crippen molar-refractivity contribution < 1.29 is 96.8 Å². The Morgan fingerprint density at radius 3 is 1.63 bits per heavy atom. The fraction of sp³-hybridized carbons (Fsp3) is 0.543. The fourth-order valence-corrected chi connectivity index (χ4v) is 18.2. The van der Waals surface area contributed by atoms with Crippen LogP contribution in [0.15, 0.2) is 97.7 Å². The smallest absolute Gasteiger partial charge is 0.305 e. The zero-order valence-corrected chi connectivity index (χ0v) is 80.6. The van der Waals surface area contributed by atoms with E-state index in [0.717, 1.165) is 26.5 Å². The normalized spacial score (nSPS) is 24.3. The van der Waals surface area contributed by atoms with E-state index in [1.807, 2.05) is 26.0 Å². The van der Waals surface area contributed by atoms with Crippen molar-refractivity contribution in [2.75, 3.05) is 71.9 Å². The Balaban J connectivity index is 1.12. The molecule has 0 radical (unpaired) electrons. The highest BCUT2D eigenvalue weighted by Crippen LogP contribution is 2.28. The van der Waals surface area contributed by atoms with E-state index in [-0.39, 0.29) is 134 Å². The maximum atomic E-state index is 16.0. The lowest BCUT2D eigenvalue weighted by Crippen LogP contribution is -2.61. The van der Waals surface area contributed by atoms with Crippen molar-refractivity contribution in [1.82, 2.24) is 103 Å². The number of likely N-dealkylation sites (N-methyl/N-ethyl adjacent to an activating group) is 3. The van der Waals surface area contributed by atoms with Crippen molar-refractivity contribution >= 4 is 140 Å². The number of benzene rings is 3. The molecule has 3 aliphatic heterocycles. The lowest BCUT2D eigenvalue weighted by atomic mass is 9.99. The number of thioether (sulfide) groups is 1. The summed E-state index contributed by atoms with van der Waals surface area (Å²) >= 11 is 0.756. The number of rotatable bonds is 31. The maximum Gasteiger partial charge on any atom is 0.305 e. The molecule has 0 spiro atoms. The van der Waals surface area contributed by atoms with Crippen molar-refractivity contribution in [1.29, 1.82) is 5.41 Å². The lowest BCUT2D eigenvalue weighted by Gasteiger charge is -2.36. The van der Waals surface area contributed by atoms with E-state index in [0.29, 0.717) is 77.0 Å². The molecule has 3 fully saturated rings. The van der Waals surface area contributed by atoms with Crippen molar-refractivity contribution in [3.05, 3.63) is 120 Å². The number of carbonyl (C=O) groups is 17. The van der Waals surface area contributed by atoms with Gasteiger partial charge in [0.25, 0.3) is 0 Å². The van der Waals surface area contributed by atoms with Gasteiger partial charge in [0, 0.05) is 119 Å². The van der Waals surface area contributed by atoms with Crippen LogP contribution in [0.2, 0.25) is 0 Å². The number of aromatic amines is 3. The number of hydrogen-bond acceptors (Lipinski definition) is 24. The Morgan fingerprint density at radius 1 is 0.521 bits per heavy atom. The summed E-state index contributed by atoms with van der Waals surface area (Å²) in [4.78, 5) is 271. The Labute approximate surface area is 814 Å². The number of phenols is 1. The van der Waals surface area contributed by atoms with Gasteiger partial charge in [-0.3, -0.25) is 86.9 Å². The molecule has 762 valence electrons. The van der Waals surface area contributed by atoms with Gasteiger partial charge in [-0.2, -0.15) is 0 Å². The van der Waals surface area contributed by atoms with Crippen LogP contribution < -0.4 is 81.4 Å². The van der Waals surface area contributed by atoms with Gasteiger partial charge in [0.15, 0.2) is 5.96 Å². The number of aliphatic carboxylic acids is 1. The van der Waals surface area contributed by atoms with Crippen molar-refractivity contribution in [2.45, 2.75) is 253 Å². The Hall–Kier alpha value is -13.8. The molecule has 15 atom stereocenters. The molecule has 0 saturated carbocycles. The molecule has 0 bridgehead atoms. The standard InChI is InChI=1S/C94H135N25O20S/c1-7-9-28-73-86(132)108-65(27-19-37-101-94(98)99)83(129)114-72(81(127)104-48-77(97)122)50-140-51-78(123)106-69(39-54-31-33-58(120)34-32-54)89(135)115(4)53(3)80(126)112-71(44-79(124)125)92(138)118-38-20-30-74(118)87(133)111-68(42-57-47-100-52-105-57)85(131)109-66(26-16-18-36-96)91(137)119-49-59(121)43-76(119)88(134)110-67(40-55-45-102-62-23-13-11-21-60(55)62)84(130)107-64(25-15-17-35-95)82(128)113-70(41-56-46-103-63-24-14-12-22-61(56)63)90(136)117(6)75(29-10-8-2)93(139)116(73)5/h11-14,21-24,31-34,45-47,52-53,59,64-76,102-103,120-121H,7-10,15-20,25-30,35-44,48-51,95-96H2,1-6H3,(H2,97,122)(H,100,105)(H,104,127)(H,106,123)(H,107,130)(H,108,132)(H,109,131)(H,110,134)(H,111,133)(H,112,126)(H,113,128)(H,114,129)(H,124,125)(H4,98,99,101)/t53-,59+,64-,65-,66-,67-,68-,69-,70-,71-,72-,73-,74-,75-,76-/m0/s1. The first-order valence-electron chi connectivity index (χ1n) is 47.4. The highest BCUT2D eigenvalue weighted by molar-refractivity contribution is 8.00. The second-order valence-electron chi connectivity index (χ2n) is 35.6. The molecule has 140 heavy (non-hydrogen) atoms. The average Bonchev–Trinajstić information content (AvgIpc) is 1.61. The summed E-state index contributed by atoms with van der Waals surface area (Å²) in [6.45, 7) is 3.87. The number of nitrogens with zero attached hydrogens (tertiary/aromatic N) is 6. The Morgan fingerprint density at radius 2 is 1.04 bits per heavy atom. The first-order valence-corrected chi connectivity index (χ1v) is 48.6. The van der Waals surface area contributed by atoms with Crippen molar-refractivity contribution in [2.24, 2.45) is 22.9 Å². The van der Waals surface area contributed by atoms with Crippen LogP contribution in [-0.2, 0) is 107 Å². The molecule has 0 unspecified atom stereocenters. The number of imidazole rings is 1. The molecule has 16 amide bonds. The number of fused-ring (bicyclic) bond motifs is 4. The number of aliphatic hydroxyl groups is 1. The third-order valence-electron chi connectivity index (χ3n) is 25.3. The number of nitrogens with two attached hydrogens (primary N) is 4. The van der Waals surface area contributed by atoms with Crippen LogP contribution >= 0.6 is 11.8 Å². The van der Waals surface area contributed by atoms with Gasteiger partial charge in [0.05, 0.1) is 36.8 Å². The number of carbonyl (C=O) groups excluding carboxylic acids is 16. The van der Waals surface area contributed by atoms with Gasteiger partial charge < -0.3 is 136 Å². The molecule has 3 aromatic carbocycles. The van der Waals surface area contributed by atoms with Crippen LogP contribution in [0.25, 0.3) is 21.8 Å². The number of amides is 16. The summed E-state index contributed by atoms with van der Waals surface area (Å²) in [5.74, 6) is -17.9. The summed E-state index contributed by atoms with van der Waals surface area (Å²) in [5.41, 5.74) is 26.2. The van der Waals surface area contributed by atoms with Gasteiger partial charge in [-0.05, 0) is 138 Å². The van der Waals surface area contributed by atoms with Gasteiger partial charge in [-0.25, -0.2) is 4.98 Å². The van der Waals surface area contributed by atoms with E-state index in [9.17, 15) is 53.7 Å². The number of hydrogen-bond donors (Lipinski definition) is 22. The van der Waals surface area contributed by atoms with Gasteiger partial charge in [0.2, 0.25) is 94.5 Å². The van der Waals surface area contributed by atoms with Crippen LogP contribution in [0.3, 0.4) is 0 Å². The summed E-state index contributed by atoms with van der Waals surface area (Å²) < 4.78 is 0. The van der Waals surface area contributed by atoms with E-state index < -0.39 is 228 Å². The van der Waals surface area contributed by atoms with Crippen LogP contribution in [0.4, 0.5) is 0 Å². The first-order chi connectivity index (χ1) is 66.9. The minimum absolute atomic E-state index is 0.0109. The SMILES string of the molecule is CCCC[C@H]1C(=O)N(C)[C@@H](CCCC)C(=O)N[C@@H](CCCNC(=N)N)C(=O)N[C@H](C(=O)NCC(N)=O)CSCC(=O)N[C@@H](Cc2ccc(O)cc2)C(=O)N(C)[C@@H](C)C(=O)N[C@@H](CC(=O)O)C(=O)N2CCC[C@H]2C(=O)N[C@@H](Cc2c[nH]cn2)C(=O)N[C@@H](CCCCN)C(=O)N2C[C@H](O)C[C@H]2C(=O)N[C@@H](Cc2c[nH]c3ccccc23)C(=O)N[C@@H](CCCCN)C(=O)N[C@@H](Cc2c[nH]c3ccccc23)C(=O)N1C. The average molecular weight is 1970 g/mol. The second kappa shape index (κ2) is 54.0. The number of unbranched alkanes of at least 4 members (excludes halogenated alkanes) is 4. The number of carboxylic acid groups (broad SMARTS) is 1. The Kier molecular flexibility index (Phi) is 42.4. The topological polar surface area (TPSA) is 688 Å². The molecular weight excluding hydrogens is 1830 g/mol. The molecule has 3 aromatic heterocycles. The van der Waals surface area contributed by atoms with Crippen molar-refractivity contribution in [3.63, 3.8) is 0 Å². The van der Waals surface area contributed by atoms with Gasteiger partial charge in [0.1, 0.15) is 90.3 Å². The second-order valence-corrected chi connectivity index (χ2v) is 36.7. The number of H-pyrrole nitrogens is 3. The zero-order chi connectivity index (χ0) is 102. The molecule has 3 aliphatic rings.